The molecule has 2 aromatic heterocycles. The van der Waals surface area contributed by atoms with Gasteiger partial charge in [-0.25, -0.2) is 9.97 Å². The van der Waals surface area contributed by atoms with E-state index in [1.807, 2.05) is 18.2 Å². The molecule has 38 heavy (non-hydrogen) atoms. The maximum atomic E-state index is 12.7. The van der Waals surface area contributed by atoms with Crippen LogP contribution in [0.2, 0.25) is 0 Å². The first kappa shape index (κ1) is 27.1. The number of nitrogens with zero attached hydrogens (tertiary/aromatic N) is 5. The summed E-state index contributed by atoms with van der Waals surface area (Å²) in [7, 11) is 4.91. The van der Waals surface area contributed by atoms with Crippen LogP contribution in [0, 0.1) is 5.92 Å². The molecule has 11 heteroatoms. The molecule has 3 heterocycles. The average molecular weight is 521 g/mol. The maximum absolute atomic E-state index is 12.7. The standard InChI is InChI=1S/C27H36N8O3/c1-18-7-6-12-35(13-10-18)14-11-24(36)32-23-15-22(20(16-29-23)27(37)28-2)31-21-9-5-8-19(25(21)38-4)26-30-17-34(3)33-26/h5,8-9,15-18H,6-7,10-14H2,1-4H3,(H,28,37)(H2,29,31,32,36). The highest BCUT2D eigenvalue weighted by molar-refractivity contribution is 6.01. The molecule has 1 aromatic carbocycles. The zero-order valence-electron chi connectivity index (χ0n) is 22.5. The summed E-state index contributed by atoms with van der Waals surface area (Å²) in [6, 6.07) is 7.20. The number of aryl methyl sites for hydroxylation is 1. The average Bonchev–Trinajstić information content (AvgIpc) is 3.24. The number of rotatable bonds is 9. The van der Waals surface area contributed by atoms with Crippen LogP contribution in [0.25, 0.3) is 11.4 Å². The highest BCUT2D eigenvalue weighted by Gasteiger charge is 2.19. The number of ether oxygens (including phenoxy) is 1. The largest absolute Gasteiger partial charge is 0.494 e. The van der Waals surface area contributed by atoms with E-state index in [0.717, 1.165) is 19.0 Å². The first-order chi connectivity index (χ1) is 18.4. The van der Waals surface area contributed by atoms with Gasteiger partial charge in [-0.15, -0.1) is 0 Å². The molecule has 3 aromatic rings. The van der Waals surface area contributed by atoms with E-state index in [-0.39, 0.29) is 11.8 Å². The van der Waals surface area contributed by atoms with Gasteiger partial charge in [-0.05, 0) is 50.4 Å². The van der Waals surface area contributed by atoms with Crippen molar-refractivity contribution >= 4 is 29.0 Å². The minimum Gasteiger partial charge on any atom is -0.494 e. The molecule has 0 radical (unpaired) electrons. The van der Waals surface area contributed by atoms with E-state index in [4.69, 9.17) is 4.74 Å². The van der Waals surface area contributed by atoms with Crippen LogP contribution >= 0.6 is 0 Å². The lowest BCUT2D eigenvalue weighted by Crippen LogP contribution is -2.29. The quantitative estimate of drug-likeness (QED) is 0.392. The third-order valence-corrected chi connectivity index (χ3v) is 6.74. The second-order valence-corrected chi connectivity index (χ2v) is 9.62. The number of para-hydroxylation sites is 1. The predicted octanol–water partition coefficient (Wildman–Crippen LogP) is 3.44. The predicted molar refractivity (Wildman–Crippen MR) is 147 cm³/mol. The molecule has 2 amide bonds. The van der Waals surface area contributed by atoms with Gasteiger partial charge in [-0.1, -0.05) is 13.0 Å². The summed E-state index contributed by atoms with van der Waals surface area (Å²) in [6.07, 6.45) is 7.02. The SMILES string of the molecule is CNC(=O)c1cnc(NC(=O)CCN2CCCC(C)CC2)cc1Nc1cccc(-c2ncn(C)n2)c1OC. The van der Waals surface area contributed by atoms with E-state index in [1.54, 1.807) is 38.3 Å². The number of aromatic nitrogens is 4. The molecule has 202 valence electrons. The summed E-state index contributed by atoms with van der Waals surface area (Å²) < 4.78 is 7.31. The number of carbonyl (C=O) groups excluding carboxylic acids is 2. The van der Waals surface area contributed by atoms with Crippen molar-refractivity contribution in [3.05, 3.63) is 42.4 Å². The highest BCUT2D eigenvalue weighted by Crippen LogP contribution is 2.37. The van der Waals surface area contributed by atoms with Gasteiger partial charge < -0.3 is 25.6 Å². The second kappa shape index (κ2) is 12.5. The molecule has 1 fully saturated rings. The Morgan fingerprint density at radius 2 is 2.00 bits per heavy atom. The number of methoxy groups -OCH3 is 1. The van der Waals surface area contributed by atoms with Crippen LogP contribution in [-0.4, -0.2) is 70.3 Å². The Bertz CT molecular complexity index is 1270. The Kier molecular flexibility index (Phi) is 8.90. The molecule has 4 rings (SSSR count). The van der Waals surface area contributed by atoms with E-state index < -0.39 is 0 Å². The lowest BCUT2D eigenvalue weighted by Gasteiger charge is -2.19. The number of benzene rings is 1. The molecule has 0 aliphatic carbocycles. The van der Waals surface area contributed by atoms with Gasteiger partial charge in [0.05, 0.1) is 29.6 Å². The Morgan fingerprint density at radius 1 is 1.16 bits per heavy atom. The van der Waals surface area contributed by atoms with Crippen molar-refractivity contribution in [1.29, 1.82) is 0 Å². The molecule has 1 unspecified atom stereocenters. The van der Waals surface area contributed by atoms with Crippen LogP contribution in [0.3, 0.4) is 0 Å². The molecule has 11 nitrogen and oxygen atoms in total. The van der Waals surface area contributed by atoms with Gasteiger partial charge in [0.1, 0.15) is 12.1 Å². The van der Waals surface area contributed by atoms with Crippen LogP contribution in [0.15, 0.2) is 36.8 Å². The fourth-order valence-corrected chi connectivity index (χ4v) is 4.59. The number of pyridine rings is 1. The summed E-state index contributed by atoms with van der Waals surface area (Å²) in [6.45, 7) is 5.05. The summed E-state index contributed by atoms with van der Waals surface area (Å²) in [5, 5.41) is 13.2. The van der Waals surface area contributed by atoms with Gasteiger partial charge in [0.2, 0.25) is 5.91 Å². The van der Waals surface area contributed by atoms with Crippen LogP contribution < -0.4 is 20.7 Å². The molecular formula is C27H36N8O3. The van der Waals surface area contributed by atoms with Gasteiger partial charge in [-0.3, -0.25) is 14.3 Å². The number of likely N-dealkylation sites (tertiary alicyclic amines) is 1. The lowest BCUT2D eigenvalue weighted by molar-refractivity contribution is -0.116. The van der Waals surface area contributed by atoms with Crippen molar-refractivity contribution in [3.63, 3.8) is 0 Å². The van der Waals surface area contributed by atoms with Crippen molar-refractivity contribution in [2.24, 2.45) is 13.0 Å². The molecule has 0 bridgehead atoms. The van der Waals surface area contributed by atoms with E-state index in [1.165, 1.54) is 25.5 Å². The summed E-state index contributed by atoms with van der Waals surface area (Å²) in [5.74, 6) is 1.71. The Morgan fingerprint density at radius 3 is 2.74 bits per heavy atom. The molecule has 1 atom stereocenters. The number of nitrogens with one attached hydrogen (secondary N) is 3. The van der Waals surface area contributed by atoms with E-state index in [2.05, 4.69) is 42.8 Å². The Labute approximate surface area is 223 Å². The highest BCUT2D eigenvalue weighted by atomic mass is 16.5. The minimum atomic E-state index is -0.310. The van der Waals surface area contributed by atoms with Crippen molar-refractivity contribution in [1.82, 2.24) is 30.0 Å². The Balaban J connectivity index is 1.53. The normalized spacial score (nSPS) is 15.9. The minimum absolute atomic E-state index is 0.116. The number of hydrogen-bond donors (Lipinski definition) is 3. The zero-order chi connectivity index (χ0) is 27.1. The lowest BCUT2D eigenvalue weighted by atomic mass is 10.0. The van der Waals surface area contributed by atoms with E-state index in [0.29, 0.717) is 52.9 Å². The molecular weight excluding hydrogens is 484 g/mol. The van der Waals surface area contributed by atoms with Gasteiger partial charge in [0.25, 0.3) is 5.91 Å². The number of amides is 2. The van der Waals surface area contributed by atoms with Gasteiger partial charge >= 0.3 is 0 Å². The molecule has 0 saturated carbocycles. The topological polar surface area (TPSA) is 126 Å². The first-order valence-corrected chi connectivity index (χ1v) is 12.9. The van der Waals surface area contributed by atoms with Gasteiger partial charge in [0.15, 0.2) is 11.6 Å². The third-order valence-electron chi connectivity index (χ3n) is 6.74. The fourth-order valence-electron chi connectivity index (χ4n) is 4.59. The molecule has 0 spiro atoms. The van der Waals surface area contributed by atoms with Gasteiger partial charge in [-0.2, -0.15) is 5.10 Å². The first-order valence-electron chi connectivity index (χ1n) is 12.9. The third kappa shape index (κ3) is 6.65. The van der Waals surface area contributed by atoms with E-state index >= 15 is 0 Å². The second-order valence-electron chi connectivity index (χ2n) is 9.62. The van der Waals surface area contributed by atoms with Crippen LogP contribution in [0.4, 0.5) is 17.2 Å². The summed E-state index contributed by atoms with van der Waals surface area (Å²) in [4.78, 5) is 36.3. The monoisotopic (exact) mass is 520 g/mol. The smallest absolute Gasteiger partial charge is 0.254 e. The maximum Gasteiger partial charge on any atom is 0.254 e. The van der Waals surface area contributed by atoms with Crippen LogP contribution in [0.1, 0.15) is 43.0 Å². The van der Waals surface area contributed by atoms with Crippen molar-refractivity contribution in [2.45, 2.75) is 32.6 Å². The number of hydrogen-bond acceptors (Lipinski definition) is 8. The van der Waals surface area contributed by atoms with Crippen molar-refractivity contribution < 1.29 is 14.3 Å². The van der Waals surface area contributed by atoms with Crippen LogP contribution in [-0.2, 0) is 11.8 Å². The number of anilines is 3. The van der Waals surface area contributed by atoms with E-state index in [9.17, 15) is 9.59 Å². The fraction of sp³-hybridized carbons (Fsp3) is 0.444. The summed E-state index contributed by atoms with van der Waals surface area (Å²) >= 11 is 0. The van der Waals surface area contributed by atoms with Gasteiger partial charge in [0, 0.05) is 39.3 Å². The molecule has 1 saturated heterocycles. The molecule has 1 aliphatic heterocycles. The van der Waals surface area contributed by atoms with Crippen LogP contribution in [0.5, 0.6) is 5.75 Å². The molecule has 1 aliphatic rings. The number of carbonyl (C=O) groups is 2. The van der Waals surface area contributed by atoms with Crippen molar-refractivity contribution in [2.75, 3.05) is 44.4 Å². The molecule has 3 N–H and O–H groups in total. The van der Waals surface area contributed by atoms with Crippen molar-refractivity contribution in [3.8, 4) is 17.1 Å². The Hall–Kier alpha value is -3.99. The zero-order valence-corrected chi connectivity index (χ0v) is 22.5. The summed E-state index contributed by atoms with van der Waals surface area (Å²) in [5.41, 5.74) is 2.11.